The Hall–Kier alpha value is -3.06. The fourth-order valence-electron chi connectivity index (χ4n) is 3.12. The minimum Gasteiger partial charge on any atom is -0.331 e. The van der Waals surface area contributed by atoms with Crippen LogP contribution in [0.3, 0.4) is 0 Å². The Morgan fingerprint density at radius 3 is 3.04 bits per heavy atom. The lowest BCUT2D eigenvalue weighted by Gasteiger charge is -2.21. The highest BCUT2D eigenvalue weighted by Crippen LogP contribution is 2.34. The predicted octanol–water partition coefficient (Wildman–Crippen LogP) is 4.05. The summed E-state index contributed by atoms with van der Waals surface area (Å²) in [7, 11) is 0. The van der Waals surface area contributed by atoms with Crippen LogP contribution in [0.1, 0.15) is 30.1 Å². The number of amides is 1. The summed E-state index contributed by atoms with van der Waals surface area (Å²) in [5, 5.41) is 6.02. The summed E-state index contributed by atoms with van der Waals surface area (Å²) >= 11 is 1.53. The Morgan fingerprint density at radius 2 is 2.22 bits per heavy atom. The molecule has 1 saturated heterocycles. The van der Waals surface area contributed by atoms with Crippen molar-refractivity contribution >= 4 is 34.3 Å². The highest BCUT2D eigenvalue weighted by molar-refractivity contribution is 7.13. The van der Waals surface area contributed by atoms with Crippen LogP contribution in [0, 0.1) is 0 Å². The lowest BCUT2D eigenvalue weighted by atomic mass is 10.1. The first-order chi connectivity index (χ1) is 13.3. The van der Waals surface area contributed by atoms with Gasteiger partial charge in [0.2, 0.25) is 5.91 Å². The summed E-state index contributed by atoms with van der Waals surface area (Å²) in [5.41, 5.74) is 1.84. The highest BCUT2D eigenvalue weighted by Gasteiger charge is 2.30. The lowest BCUT2D eigenvalue weighted by Crippen LogP contribution is -2.29. The van der Waals surface area contributed by atoms with Crippen LogP contribution in [-0.4, -0.2) is 32.3 Å². The first-order valence-electron chi connectivity index (χ1n) is 8.82. The number of nitrogens with one attached hydrogen (secondary N) is 1. The summed E-state index contributed by atoms with van der Waals surface area (Å²) in [4.78, 5) is 27.6. The summed E-state index contributed by atoms with van der Waals surface area (Å²) in [5.74, 6) is 0.769. The number of hydrogen-bond donors (Lipinski definition) is 1. The number of carbonyl (C=O) groups excluding carboxylic acids is 1. The molecule has 0 aliphatic carbocycles. The Labute approximate surface area is 161 Å². The van der Waals surface area contributed by atoms with Crippen LogP contribution < -0.4 is 5.32 Å². The Morgan fingerprint density at radius 1 is 1.26 bits per heavy atom. The van der Waals surface area contributed by atoms with Gasteiger partial charge in [-0.05, 0) is 42.7 Å². The van der Waals surface area contributed by atoms with Crippen molar-refractivity contribution in [1.29, 1.82) is 0 Å². The molecule has 4 rings (SSSR count). The summed E-state index contributed by atoms with van der Waals surface area (Å²) < 4.78 is 0. The number of anilines is 2. The largest absolute Gasteiger partial charge is 0.331 e. The van der Waals surface area contributed by atoms with Gasteiger partial charge in [0, 0.05) is 36.6 Å². The van der Waals surface area contributed by atoms with E-state index in [-0.39, 0.29) is 11.9 Å². The van der Waals surface area contributed by atoms with Crippen LogP contribution in [0.2, 0.25) is 0 Å². The Bertz CT molecular complexity index is 926. The number of hydrogen-bond acceptors (Lipinski definition) is 6. The normalized spacial score (nSPS) is 16.7. The summed E-state index contributed by atoms with van der Waals surface area (Å²) in [6.45, 7) is 0.751. The van der Waals surface area contributed by atoms with E-state index < -0.39 is 0 Å². The number of likely N-dealkylation sites (tertiary alicyclic amines) is 1. The molecule has 1 fully saturated rings. The molecule has 0 radical (unpaired) electrons. The van der Waals surface area contributed by atoms with Crippen LogP contribution in [0.4, 0.5) is 10.9 Å². The zero-order valence-electron chi connectivity index (χ0n) is 14.7. The van der Waals surface area contributed by atoms with E-state index >= 15 is 0 Å². The molecule has 4 heterocycles. The van der Waals surface area contributed by atoms with Crippen LogP contribution >= 0.6 is 11.3 Å². The Balaban J connectivity index is 1.45. The van der Waals surface area contributed by atoms with Crippen LogP contribution in [0.15, 0.2) is 60.4 Å². The average molecular weight is 377 g/mol. The lowest BCUT2D eigenvalue weighted by molar-refractivity contribution is -0.126. The fraction of sp³-hybridized carbons (Fsp3) is 0.200. The van der Waals surface area contributed by atoms with Gasteiger partial charge in [-0.1, -0.05) is 12.1 Å². The van der Waals surface area contributed by atoms with Gasteiger partial charge >= 0.3 is 0 Å². The van der Waals surface area contributed by atoms with E-state index in [4.69, 9.17) is 0 Å². The van der Waals surface area contributed by atoms with E-state index in [1.54, 1.807) is 30.7 Å². The molecular formula is C20H19N5OS. The van der Waals surface area contributed by atoms with Crippen molar-refractivity contribution in [3.8, 4) is 0 Å². The third-order valence-electron chi connectivity index (χ3n) is 4.40. The van der Waals surface area contributed by atoms with Gasteiger partial charge in [-0.3, -0.25) is 9.78 Å². The van der Waals surface area contributed by atoms with Crippen LogP contribution in [-0.2, 0) is 4.79 Å². The molecule has 1 amide bonds. The van der Waals surface area contributed by atoms with E-state index in [0.717, 1.165) is 41.6 Å². The minimum atomic E-state index is 0.00795. The van der Waals surface area contributed by atoms with Crippen molar-refractivity contribution in [2.75, 3.05) is 11.9 Å². The second-order valence-electron chi connectivity index (χ2n) is 6.23. The quantitative estimate of drug-likeness (QED) is 0.679. The molecule has 1 aliphatic heterocycles. The van der Waals surface area contributed by atoms with E-state index in [2.05, 4.69) is 20.3 Å². The van der Waals surface area contributed by atoms with Gasteiger partial charge in [0.1, 0.15) is 5.82 Å². The van der Waals surface area contributed by atoms with Crippen molar-refractivity contribution in [3.63, 3.8) is 0 Å². The molecule has 7 heteroatoms. The van der Waals surface area contributed by atoms with Gasteiger partial charge in [0.25, 0.3) is 0 Å². The van der Waals surface area contributed by atoms with Crippen molar-refractivity contribution in [2.45, 2.75) is 18.9 Å². The molecule has 1 atom stereocenters. The Kier molecular flexibility index (Phi) is 5.20. The van der Waals surface area contributed by atoms with Crippen LogP contribution in [0.25, 0.3) is 6.08 Å². The predicted molar refractivity (Wildman–Crippen MR) is 107 cm³/mol. The number of aromatic nitrogens is 3. The molecular weight excluding hydrogens is 358 g/mol. The smallest absolute Gasteiger partial charge is 0.247 e. The maximum atomic E-state index is 12.7. The van der Waals surface area contributed by atoms with E-state index in [9.17, 15) is 4.79 Å². The van der Waals surface area contributed by atoms with Crippen LogP contribution in [0.5, 0.6) is 0 Å². The van der Waals surface area contributed by atoms with Gasteiger partial charge in [0.15, 0.2) is 5.13 Å². The van der Waals surface area contributed by atoms with E-state index in [1.165, 1.54) is 11.3 Å². The van der Waals surface area contributed by atoms with Gasteiger partial charge < -0.3 is 10.2 Å². The molecule has 0 aromatic carbocycles. The van der Waals surface area contributed by atoms with Crippen molar-refractivity contribution in [1.82, 2.24) is 19.9 Å². The third-order valence-corrected chi connectivity index (χ3v) is 5.18. The number of thiazole rings is 1. The fourth-order valence-corrected chi connectivity index (χ4v) is 3.88. The van der Waals surface area contributed by atoms with Gasteiger partial charge in [-0.15, -0.1) is 11.3 Å². The van der Waals surface area contributed by atoms with Gasteiger partial charge in [-0.2, -0.15) is 0 Å². The van der Waals surface area contributed by atoms with E-state index in [0.29, 0.717) is 0 Å². The molecule has 3 aromatic rings. The zero-order chi connectivity index (χ0) is 18.5. The van der Waals surface area contributed by atoms with E-state index in [1.807, 2.05) is 40.6 Å². The minimum absolute atomic E-state index is 0.00795. The standard InChI is InChI=1S/C20H19N5OS/c26-19(9-8-15-5-3-10-21-13-15)25-12-4-6-17(25)16-14-27-20(23-16)24-18-7-1-2-11-22-18/h1-3,5,7-11,13-14,17H,4,6,12H2,(H,22,23,24)/b9-8+/t17-/m0/s1. The molecule has 1 aliphatic rings. The first kappa shape index (κ1) is 17.4. The van der Waals surface area contributed by atoms with Gasteiger partial charge in [0.05, 0.1) is 11.7 Å². The molecule has 1 N–H and O–H groups in total. The number of carbonyl (C=O) groups is 1. The monoisotopic (exact) mass is 377 g/mol. The average Bonchev–Trinajstić information content (AvgIpc) is 3.37. The second-order valence-corrected chi connectivity index (χ2v) is 7.08. The molecule has 6 nitrogen and oxygen atoms in total. The third kappa shape index (κ3) is 4.20. The summed E-state index contributed by atoms with van der Waals surface area (Å²) in [6.07, 6.45) is 10.5. The van der Waals surface area contributed by atoms with Gasteiger partial charge in [-0.25, -0.2) is 9.97 Å². The SMILES string of the molecule is O=C(/C=C/c1cccnc1)N1CCC[C@H]1c1csc(Nc2ccccn2)n1. The van der Waals surface area contributed by atoms with Crippen molar-refractivity contribution < 1.29 is 4.79 Å². The number of pyridine rings is 2. The molecule has 0 unspecified atom stereocenters. The highest BCUT2D eigenvalue weighted by atomic mass is 32.1. The maximum Gasteiger partial charge on any atom is 0.247 e. The molecule has 27 heavy (non-hydrogen) atoms. The molecule has 3 aromatic heterocycles. The first-order valence-corrected chi connectivity index (χ1v) is 9.70. The zero-order valence-corrected chi connectivity index (χ0v) is 15.5. The number of rotatable bonds is 5. The van der Waals surface area contributed by atoms with Crippen molar-refractivity contribution in [2.24, 2.45) is 0 Å². The second kappa shape index (κ2) is 8.09. The molecule has 136 valence electrons. The molecule has 0 saturated carbocycles. The summed E-state index contributed by atoms with van der Waals surface area (Å²) in [6, 6.07) is 9.50. The maximum absolute atomic E-state index is 12.7. The topological polar surface area (TPSA) is 71.0 Å². The molecule has 0 spiro atoms. The number of nitrogens with zero attached hydrogens (tertiary/aromatic N) is 4. The molecule has 0 bridgehead atoms. The van der Waals surface area contributed by atoms with Crippen molar-refractivity contribution in [3.05, 3.63) is 71.6 Å².